The molecule has 2 heteroatoms. The fourth-order valence-electron chi connectivity index (χ4n) is 2.11. The summed E-state index contributed by atoms with van der Waals surface area (Å²) in [5.41, 5.74) is 1.32. The molecule has 0 saturated carbocycles. The van der Waals surface area contributed by atoms with Gasteiger partial charge in [-0.1, -0.05) is 32.0 Å². The predicted octanol–water partition coefficient (Wildman–Crippen LogP) is 3.15. The average molecular weight is 219 g/mol. The van der Waals surface area contributed by atoms with E-state index in [0.29, 0.717) is 12.0 Å². The zero-order chi connectivity index (χ0) is 11.4. The van der Waals surface area contributed by atoms with E-state index in [4.69, 9.17) is 4.74 Å². The first-order valence-corrected chi connectivity index (χ1v) is 6.22. The zero-order valence-corrected chi connectivity index (χ0v) is 10.2. The van der Waals surface area contributed by atoms with E-state index < -0.39 is 0 Å². The SMILES string of the molecule is CC(C)CNC1CCCOc2ccccc21. The molecule has 0 spiro atoms. The second kappa shape index (κ2) is 5.35. The topological polar surface area (TPSA) is 21.3 Å². The van der Waals surface area contributed by atoms with E-state index in [1.807, 2.05) is 6.07 Å². The Bertz CT molecular complexity index is 335. The lowest BCUT2D eigenvalue weighted by molar-refractivity contribution is 0.315. The molecule has 0 fully saturated rings. The van der Waals surface area contributed by atoms with Gasteiger partial charge in [-0.25, -0.2) is 0 Å². The molecule has 16 heavy (non-hydrogen) atoms. The first-order valence-electron chi connectivity index (χ1n) is 6.22. The molecule has 0 saturated heterocycles. The van der Waals surface area contributed by atoms with E-state index in [9.17, 15) is 0 Å². The van der Waals surface area contributed by atoms with Crippen LogP contribution in [0.5, 0.6) is 5.75 Å². The average Bonchev–Trinajstić information content (AvgIpc) is 2.48. The molecule has 1 atom stereocenters. The molecule has 0 aromatic heterocycles. The number of hydrogen-bond acceptors (Lipinski definition) is 2. The molecule has 2 rings (SSSR count). The zero-order valence-electron chi connectivity index (χ0n) is 10.2. The molecule has 2 nitrogen and oxygen atoms in total. The lowest BCUT2D eigenvalue weighted by atomic mass is 10.0. The van der Waals surface area contributed by atoms with Gasteiger partial charge in [0.2, 0.25) is 0 Å². The summed E-state index contributed by atoms with van der Waals surface area (Å²) < 4.78 is 5.75. The lowest BCUT2D eigenvalue weighted by Gasteiger charge is -2.19. The van der Waals surface area contributed by atoms with Crippen molar-refractivity contribution in [3.05, 3.63) is 29.8 Å². The molecular weight excluding hydrogens is 198 g/mol. The Hall–Kier alpha value is -1.02. The number of para-hydroxylation sites is 1. The maximum Gasteiger partial charge on any atom is 0.124 e. The lowest BCUT2D eigenvalue weighted by Crippen LogP contribution is -2.25. The molecule has 0 radical (unpaired) electrons. The van der Waals surface area contributed by atoms with Crippen molar-refractivity contribution in [2.45, 2.75) is 32.7 Å². The Morgan fingerprint density at radius 3 is 3.00 bits per heavy atom. The second-order valence-electron chi connectivity index (χ2n) is 4.88. The minimum absolute atomic E-state index is 0.459. The quantitative estimate of drug-likeness (QED) is 0.843. The summed E-state index contributed by atoms with van der Waals surface area (Å²) in [7, 11) is 0. The van der Waals surface area contributed by atoms with Gasteiger partial charge in [0.05, 0.1) is 6.61 Å². The first kappa shape index (κ1) is 11.5. The number of hydrogen-bond donors (Lipinski definition) is 1. The molecule has 0 amide bonds. The fraction of sp³-hybridized carbons (Fsp3) is 0.571. The third-order valence-corrected chi connectivity index (χ3v) is 2.96. The smallest absolute Gasteiger partial charge is 0.124 e. The van der Waals surface area contributed by atoms with Gasteiger partial charge >= 0.3 is 0 Å². The molecule has 1 aromatic rings. The summed E-state index contributed by atoms with van der Waals surface area (Å²) in [4.78, 5) is 0. The minimum atomic E-state index is 0.459. The fourth-order valence-corrected chi connectivity index (χ4v) is 2.11. The van der Waals surface area contributed by atoms with Gasteiger partial charge in [-0.3, -0.25) is 0 Å². The molecule has 88 valence electrons. The first-order chi connectivity index (χ1) is 7.77. The summed E-state index contributed by atoms with van der Waals surface area (Å²) in [6, 6.07) is 8.85. The van der Waals surface area contributed by atoms with Crippen molar-refractivity contribution in [2.75, 3.05) is 13.2 Å². The van der Waals surface area contributed by atoms with Gasteiger partial charge in [-0.05, 0) is 31.4 Å². The van der Waals surface area contributed by atoms with E-state index in [-0.39, 0.29) is 0 Å². The Balaban J connectivity index is 2.12. The van der Waals surface area contributed by atoms with E-state index in [1.165, 1.54) is 12.0 Å². The summed E-state index contributed by atoms with van der Waals surface area (Å²) >= 11 is 0. The molecule has 1 aliphatic rings. The Kier molecular flexibility index (Phi) is 3.83. The molecule has 1 unspecified atom stereocenters. The highest BCUT2D eigenvalue weighted by Crippen LogP contribution is 2.31. The van der Waals surface area contributed by atoms with Crippen LogP contribution >= 0.6 is 0 Å². The maximum absolute atomic E-state index is 5.75. The maximum atomic E-state index is 5.75. The van der Waals surface area contributed by atoms with Crippen molar-refractivity contribution in [3.63, 3.8) is 0 Å². The van der Waals surface area contributed by atoms with Gasteiger partial charge in [0.1, 0.15) is 5.75 Å². The van der Waals surface area contributed by atoms with Gasteiger partial charge < -0.3 is 10.1 Å². The van der Waals surface area contributed by atoms with Gasteiger partial charge in [-0.2, -0.15) is 0 Å². The largest absolute Gasteiger partial charge is 0.493 e. The van der Waals surface area contributed by atoms with Crippen molar-refractivity contribution >= 4 is 0 Å². The molecule has 1 aromatic carbocycles. The Morgan fingerprint density at radius 1 is 1.38 bits per heavy atom. The van der Waals surface area contributed by atoms with Crippen LogP contribution in [0.3, 0.4) is 0 Å². The van der Waals surface area contributed by atoms with Crippen LogP contribution in [0.15, 0.2) is 24.3 Å². The number of rotatable bonds is 3. The third kappa shape index (κ3) is 2.76. The van der Waals surface area contributed by atoms with Crippen molar-refractivity contribution in [2.24, 2.45) is 5.92 Å². The predicted molar refractivity (Wildman–Crippen MR) is 66.8 cm³/mol. The summed E-state index contributed by atoms with van der Waals surface area (Å²) in [5, 5.41) is 3.64. The van der Waals surface area contributed by atoms with Gasteiger partial charge in [-0.15, -0.1) is 0 Å². The van der Waals surface area contributed by atoms with Crippen LogP contribution < -0.4 is 10.1 Å². The third-order valence-electron chi connectivity index (χ3n) is 2.96. The van der Waals surface area contributed by atoms with Gasteiger partial charge in [0, 0.05) is 11.6 Å². The monoisotopic (exact) mass is 219 g/mol. The second-order valence-corrected chi connectivity index (χ2v) is 4.88. The van der Waals surface area contributed by atoms with Crippen LogP contribution in [0.2, 0.25) is 0 Å². The normalized spacial score (nSPS) is 20.1. The highest BCUT2D eigenvalue weighted by atomic mass is 16.5. The van der Waals surface area contributed by atoms with Crippen molar-refractivity contribution in [1.82, 2.24) is 5.32 Å². The van der Waals surface area contributed by atoms with Crippen molar-refractivity contribution < 1.29 is 4.74 Å². The van der Waals surface area contributed by atoms with Gasteiger partial charge in [0.15, 0.2) is 0 Å². The Morgan fingerprint density at radius 2 is 2.19 bits per heavy atom. The van der Waals surface area contributed by atoms with Crippen LogP contribution in [0.4, 0.5) is 0 Å². The van der Waals surface area contributed by atoms with E-state index in [1.54, 1.807) is 0 Å². The van der Waals surface area contributed by atoms with E-state index >= 15 is 0 Å². The van der Waals surface area contributed by atoms with Crippen LogP contribution in [-0.2, 0) is 0 Å². The molecular formula is C14H21NO. The standard InChI is InChI=1S/C14H21NO/c1-11(2)10-15-13-7-5-9-16-14-8-4-3-6-12(13)14/h3-4,6,8,11,13,15H,5,7,9-10H2,1-2H3. The highest BCUT2D eigenvalue weighted by molar-refractivity contribution is 5.36. The van der Waals surface area contributed by atoms with Gasteiger partial charge in [0.25, 0.3) is 0 Å². The van der Waals surface area contributed by atoms with Crippen molar-refractivity contribution in [1.29, 1.82) is 0 Å². The van der Waals surface area contributed by atoms with E-state index in [0.717, 1.165) is 25.3 Å². The Labute approximate surface area is 98.0 Å². The van der Waals surface area contributed by atoms with Crippen molar-refractivity contribution in [3.8, 4) is 5.75 Å². The number of fused-ring (bicyclic) bond motifs is 1. The summed E-state index contributed by atoms with van der Waals surface area (Å²) in [6.07, 6.45) is 2.30. The van der Waals surface area contributed by atoms with E-state index in [2.05, 4.69) is 37.4 Å². The molecule has 1 heterocycles. The molecule has 0 bridgehead atoms. The highest BCUT2D eigenvalue weighted by Gasteiger charge is 2.18. The molecule has 1 aliphatic heterocycles. The van der Waals surface area contributed by atoms with Crippen LogP contribution in [-0.4, -0.2) is 13.2 Å². The number of benzene rings is 1. The summed E-state index contributed by atoms with van der Waals surface area (Å²) in [5.74, 6) is 1.75. The number of nitrogens with one attached hydrogen (secondary N) is 1. The summed E-state index contributed by atoms with van der Waals surface area (Å²) in [6.45, 7) is 6.40. The van der Waals surface area contributed by atoms with Crippen LogP contribution in [0.25, 0.3) is 0 Å². The number of ether oxygens (including phenoxy) is 1. The minimum Gasteiger partial charge on any atom is -0.493 e. The molecule has 1 N–H and O–H groups in total. The van der Waals surface area contributed by atoms with Crippen LogP contribution in [0.1, 0.15) is 38.3 Å². The molecule has 0 aliphatic carbocycles. The van der Waals surface area contributed by atoms with Crippen LogP contribution in [0, 0.1) is 5.92 Å².